The van der Waals surface area contributed by atoms with Crippen LogP contribution >= 0.6 is 0 Å². The maximum Gasteiger partial charge on any atom is 0.308 e. The van der Waals surface area contributed by atoms with E-state index in [2.05, 4.69) is 5.32 Å². The molecule has 1 aliphatic rings. The van der Waals surface area contributed by atoms with Crippen molar-refractivity contribution in [1.82, 2.24) is 5.32 Å². The van der Waals surface area contributed by atoms with E-state index in [1.54, 1.807) is 18.2 Å². The van der Waals surface area contributed by atoms with Crippen LogP contribution in [0.2, 0.25) is 0 Å². The van der Waals surface area contributed by atoms with Crippen LogP contribution in [0.1, 0.15) is 36.0 Å². The summed E-state index contributed by atoms with van der Waals surface area (Å²) >= 11 is 0. The van der Waals surface area contributed by atoms with Crippen molar-refractivity contribution < 1.29 is 19.4 Å². The Morgan fingerprint density at radius 2 is 2.05 bits per heavy atom. The van der Waals surface area contributed by atoms with Gasteiger partial charge in [0.15, 0.2) is 0 Å². The molecule has 0 saturated heterocycles. The summed E-state index contributed by atoms with van der Waals surface area (Å²) in [4.78, 5) is 23.6. The molecule has 1 aromatic carbocycles. The third kappa shape index (κ3) is 3.45. The lowest BCUT2D eigenvalue weighted by atomic mass is 9.84. The van der Waals surface area contributed by atoms with E-state index in [1.807, 2.05) is 0 Å². The Balaban J connectivity index is 2.15. The van der Waals surface area contributed by atoms with Crippen LogP contribution in [-0.4, -0.2) is 30.1 Å². The van der Waals surface area contributed by atoms with Gasteiger partial charge in [-0.05, 0) is 31.0 Å². The molecule has 1 amide bonds. The number of rotatable bonds is 4. The van der Waals surface area contributed by atoms with E-state index in [1.165, 1.54) is 7.11 Å². The average molecular weight is 292 g/mol. The highest BCUT2D eigenvalue weighted by molar-refractivity contribution is 6.00. The molecule has 6 nitrogen and oxygen atoms in total. The van der Waals surface area contributed by atoms with E-state index in [4.69, 9.17) is 10.5 Å². The van der Waals surface area contributed by atoms with Crippen molar-refractivity contribution in [2.75, 3.05) is 12.8 Å². The van der Waals surface area contributed by atoms with Crippen molar-refractivity contribution in [3.8, 4) is 5.75 Å². The molecule has 2 rings (SSSR count). The molecule has 0 aromatic heterocycles. The number of anilines is 1. The molecule has 1 saturated carbocycles. The van der Waals surface area contributed by atoms with Crippen LogP contribution in [-0.2, 0) is 4.79 Å². The van der Waals surface area contributed by atoms with Crippen LogP contribution in [0, 0.1) is 5.92 Å². The molecule has 2 unspecified atom stereocenters. The van der Waals surface area contributed by atoms with Crippen LogP contribution in [0.25, 0.3) is 0 Å². The van der Waals surface area contributed by atoms with E-state index >= 15 is 0 Å². The van der Waals surface area contributed by atoms with Crippen molar-refractivity contribution in [1.29, 1.82) is 0 Å². The zero-order chi connectivity index (χ0) is 15.4. The number of nitrogens with one attached hydrogen (secondary N) is 1. The van der Waals surface area contributed by atoms with Gasteiger partial charge in [-0.3, -0.25) is 9.59 Å². The fourth-order valence-corrected chi connectivity index (χ4v) is 2.70. The first kappa shape index (κ1) is 15.2. The Hall–Kier alpha value is -2.24. The molecule has 1 aliphatic carbocycles. The summed E-state index contributed by atoms with van der Waals surface area (Å²) in [5.41, 5.74) is 6.46. The second-order valence-electron chi connectivity index (χ2n) is 5.26. The van der Waals surface area contributed by atoms with Crippen molar-refractivity contribution >= 4 is 17.6 Å². The molecule has 0 spiro atoms. The number of carbonyl (C=O) groups is 2. The van der Waals surface area contributed by atoms with E-state index in [9.17, 15) is 14.7 Å². The van der Waals surface area contributed by atoms with Gasteiger partial charge in [0.1, 0.15) is 5.75 Å². The number of amides is 1. The monoisotopic (exact) mass is 292 g/mol. The Labute approximate surface area is 123 Å². The number of benzene rings is 1. The second-order valence-corrected chi connectivity index (χ2v) is 5.26. The number of ether oxygens (including phenoxy) is 1. The molecule has 1 aromatic rings. The Morgan fingerprint density at radius 3 is 2.71 bits per heavy atom. The molecule has 2 atom stereocenters. The minimum absolute atomic E-state index is 0.309. The van der Waals surface area contributed by atoms with Crippen LogP contribution in [0.15, 0.2) is 18.2 Å². The molecule has 0 aliphatic heterocycles. The Kier molecular flexibility index (Phi) is 4.67. The third-order valence-corrected chi connectivity index (χ3v) is 3.90. The standard InChI is InChI=1S/C15H20N2O4/c1-21-9-6-7-12(16)11(8-9)14(18)17-13-5-3-2-4-10(13)15(19)20/h6-8,10,13H,2-5,16H2,1H3,(H,17,18)(H,19,20). The molecule has 6 heteroatoms. The molecule has 0 heterocycles. The summed E-state index contributed by atoms with van der Waals surface area (Å²) in [5, 5.41) is 12.0. The van der Waals surface area contributed by atoms with Gasteiger partial charge in [-0.2, -0.15) is 0 Å². The van der Waals surface area contributed by atoms with Crippen molar-refractivity contribution in [2.24, 2.45) is 5.92 Å². The summed E-state index contributed by atoms with van der Waals surface area (Å²) in [5.74, 6) is -1.22. The molecular formula is C15H20N2O4. The fraction of sp³-hybridized carbons (Fsp3) is 0.467. The van der Waals surface area contributed by atoms with Crippen LogP contribution in [0.3, 0.4) is 0 Å². The third-order valence-electron chi connectivity index (χ3n) is 3.90. The van der Waals surface area contributed by atoms with Gasteiger partial charge >= 0.3 is 5.97 Å². The Bertz CT molecular complexity index is 544. The fourth-order valence-electron chi connectivity index (χ4n) is 2.70. The highest BCUT2D eigenvalue weighted by Gasteiger charge is 2.32. The number of hydrogen-bond donors (Lipinski definition) is 3. The molecule has 0 radical (unpaired) electrons. The summed E-state index contributed by atoms with van der Waals surface area (Å²) < 4.78 is 5.08. The van der Waals surface area contributed by atoms with Crippen molar-refractivity contribution in [3.63, 3.8) is 0 Å². The second kappa shape index (κ2) is 6.47. The lowest BCUT2D eigenvalue weighted by Gasteiger charge is -2.29. The molecule has 114 valence electrons. The quantitative estimate of drug-likeness (QED) is 0.732. The first-order valence-corrected chi connectivity index (χ1v) is 7.00. The number of nitrogens with two attached hydrogens (primary N) is 1. The number of carboxylic acid groups (broad SMARTS) is 1. The minimum Gasteiger partial charge on any atom is -0.497 e. The number of hydrogen-bond acceptors (Lipinski definition) is 4. The van der Waals surface area contributed by atoms with Crippen LogP contribution < -0.4 is 15.8 Å². The van der Waals surface area contributed by atoms with E-state index in [-0.39, 0.29) is 11.9 Å². The molecule has 4 N–H and O–H groups in total. The molecule has 1 fully saturated rings. The number of nitrogen functional groups attached to an aromatic ring is 1. The van der Waals surface area contributed by atoms with Gasteiger partial charge < -0.3 is 20.9 Å². The number of carbonyl (C=O) groups excluding carboxylic acids is 1. The number of carboxylic acids is 1. The lowest BCUT2D eigenvalue weighted by molar-refractivity contribution is -0.143. The smallest absolute Gasteiger partial charge is 0.308 e. The van der Waals surface area contributed by atoms with Gasteiger partial charge in [0.2, 0.25) is 0 Å². The van der Waals surface area contributed by atoms with Gasteiger partial charge in [0.25, 0.3) is 5.91 Å². The predicted molar refractivity (Wildman–Crippen MR) is 78.3 cm³/mol. The molecule has 21 heavy (non-hydrogen) atoms. The molecule has 0 bridgehead atoms. The SMILES string of the molecule is COc1ccc(N)c(C(=O)NC2CCCCC2C(=O)O)c1. The minimum atomic E-state index is -0.862. The Morgan fingerprint density at radius 1 is 1.33 bits per heavy atom. The summed E-state index contributed by atoms with van der Waals surface area (Å²) in [6.45, 7) is 0. The zero-order valence-electron chi connectivity index (χ0n) is 12.0. The number of methoxy groups -OCH3 is 1. The van der Waals surface area contributed by atoms with Crippen LogP contribution in [0.4, 0.5) is 5.69 Å². The first-order chi connectivity index (χ1) is 10.0. The van der Waals surface area contributed by atoms with Gasteiger partial charge in [0, 0.05) is 11.7 Å². The van der Waals surface area contributed by atoms with Gasteiger partial charge in [0.05, 0.1) is 18.6 Å². The largest absolute Gasteiger partial charge is 0.497 e. The van der Waals surface area contributed by atoms with E-state index in [0.29, 0.717) is 29.8 Å². The van der Waals surface area contributed by atoms with Gasteiger partial charge in [-0.15, -0.1) is 0 Å². The maximum absolute atomic E-state index is 12.3. The van der Waals surface area contributed by atoms with E-state index in [0.717, 1.165) is 12.8 Å². The topological polar surface area (TPSA) is 102 Å². The highest BCUT2D eigenvalue weighted by atomic mass is 16.5. The van der Waals surface area contributed by atoms with Gasteiger partial charge in [-0.25, -0.2) is 0 Å². The first-order valence-electron chi connectivity index (χ1n) is 7.00. The molecular weight excluding hydrogens is 272 g/mol. The van der Waals surface area contributed by atoms with Crippen LogP contribution in [0.5, 0.6) is 5.75 Å². The normalized spacial score (nSPS) is 21.6. The van der Waals surface area contributed by atoms with Crippen molar-refractivity contribution in [3.05, 3.63) is 23.8 Å². The van der Waals surface area contributed by atoms with E-state index < -0.39 is 11.9 Å². The summed E-state index contributed by atoms with van der Waals surface area (Å²) in [6.07, 6.45) is 3.06. The van der Waals surface area contributed by atoms with Crippen molar-refractivity contribution in [2.45, 2.75) is 31.7 Å². The average Bonchev–Trinajstić information content (AvgIpc) is 2.48. The zero-order valence-corrected chi connectivity index (χ0v) is 12.0. The predicted octanol–water partition coefficient (Wildman–Crippen LogP) is 1.65. The highest BCUT2D eigenvalue weighted by Crippen LogP contribution is 2.26. The lowest BCUT2D eigenvalue weighted by Crippen LogP contribution is -2.45. The summed E-state index contributed by atoms with van der Waals surface area (Å²) in [7, 11) is 1.51. The number of aliphatic carboxylic acids is 1. The maximum atomic E-state index is 12.3. The van der Waals surface area contributed by atoms with Gasteiger partial charge in [-0.1, -0.05) is 12.8 Å². The summed E-state index contributed by atoms with van der Waals surface area (Å²) in [6, 6.07) is 4.48.